The third-order valence-corrected chi connectivity index (χ3v) is 7.61. The quantitative estimate of drug-likeness (QED) is 0.557. The maximum atomic E-state index is 12.9. The summed E-state index contributed by atoms with van der Waals surface area (Å²) in [4.78, 5) is 7.56. The van der Waals surface area contributed by atoms with E-state index in [0.717, 1.165) is 36.3 Å². The van der Waals surface area contributed by atoms with Crippen LogP contribution in [0.15, 0.2) is 47.6 Å². The van der Waals surface area contributed by atoms with E-state index in [4.69, 9.17) is 0 Å². The number of benzene rings is 1. The number of fused-ring (bicyclic) bond motifs is 3. The summed E-state index contributed by atoms with van der Waals surface area (Å²) in [7, 11) is -3.53. The van der Waals surface area contributed by atoms with Crippen LogP contribution in [0.5, 0.6) is 0 Å². The number of nitrogens with one attached hydrogen (secondary N) is 1. The number of hydrogen-bond acceptors (Lipinski definition) is 6. The summed E-state index contributed by atoms with van der Waals surface area (Å²) in [6.07, 6.45) is 5.90. The Morgan fingerprint density at radius 3 is 2.93 bits per heavy atom. The van der Waals surface area contributed by atoms with Gasteiger partial charge in [0.15, 0.2) is 21.1 Å². The topological polar surface area (TPSA) is 117 Å². The number of nitriles is 1. The largest absolute Gasteiger partial charge is 0.345 e. The lowest BCUT2D eigenvalue weighted by Crippen LogP contribution is -2.15. The lowest BCUT2D eigenvalue weighted by Gasteiger charge is -2.12. The molecule has 1 aromatic carbocycles. The summed E-state index contributed by atoms with van der Waals surface area (Å²) < 4.78 is 27.8. The number of sulfone groups is 1. The first-order valence-electron chi connectivity index (χ1n) is 9.46. The van der Waals surface area contributed by atoms with Crippen LogP contribution < -0.4 is 0 Å². The van der Waals surface area contributed by atoms with E-state index in [1.165, 1.54) is 6.07 Å². The predicted molar refractivity (Wildman–Crippen MR) is 106 cm³/mol. The third kappa shape index (κ3) is 2.96. The van der Waals surface area contributed by atoms with Crippen LogP contribution >= 0.6 is 0 Å². The minimum atomic E-state index is -3.53. The highest BCUT2D eigenvalue weighted by molar-refractivity contribution is 7.91. The minimum absolute atomic E-state index is 0.0210. The second-order valence-electron chi connectivity index (χ2n) is 7.49. The summed E-state index contributed by atoms with van der Waals surface area (Å²) in [5.74, 6) is 1.05. The average molecular weight is 406 g/mol. The zero-order valence-electron chi connectivity index (χ0n) is 15.5. The number of nitrogens with zero attached hydrogens (tertiary/aromatic N) is 5. The Kier molecular flexibility index (Phi) is 4.10. The van der Waals surface area contributed by atoms with Gasteiger partial charge in [0.1, 0.15) is 11.9 Å². The van der Waals surface area contributed by atoms with Crippen molar-refractivity contribution in [3.8, 4) is 6.07 Å². The van der Waals surface area contributed by atoms with Gasteiger partial charge in [-0.2, -0.15) is 5.26 Å². The van der Waals surface area contributed by atoms with E-state index in [1.54, 1.807) is 24.4 Å². The normalized spacial score (nSPS) is 19.7. The molecule has 3 aromatic heterocycles. The Morgan fingerprint density at radius 1 is 1.21 bits per heavy atom. The van der Waals surface area contributed by atoms with E-state index in [1.807, 2.05) is 22.7 Å². The molecule has 0 bridgehead atoms. The van der Waals surface area contributed by atoms with Gasteiger partial charge in [-0.3, -0.25) is 4.40 Å². The molecule has 8 nitrogen and oxygen atoms in total. The Bertz CT molecular complexity index is 1360. The molecular formula is C20H18N6O2S. The van der Waals surface area contributed by atoms with E-state index in [0.29, 0.717) is 5.65 Å². The van der Waals surface area contributed by atoms with Crippen molar-refractivity contribution in [1.82, 2.24) is 24.6 Å². The summed E-state index contributed by atoms with van der Waals surface area (Å²) in [6, 6.07) is 10.3. The van der Waals surface area contributed by atoms with Gasteiger partial charge in [-0.15, -0.1) is 10.2 Å². The molecule has 0 unspecified atom stereocenters. The number of aromatic amines is 1. The molecule has 1 fully saturated rings. The molecule has 146 valence electrons. The van der Waals surface area contributed by atoms with Crippen molar-refractivity contribution in [3.63, 3.8) is 0 Å². The van der Waals surface area contributed by atoms with Crippen LogP contribution in [0.2, 0.25) is 0 Å². The van der Waals surface area contributed by atoms with Crippen molar-refractivity contribution in [2.45, 2.75) is 30.1 Å². The lowest BCUT2D eigenvalue weighted by atomic mass is 10.1. The highest BCUT2D eigenvalue weighted by atomic mass is 32.2. The van der Waals surface area contributed by atoms with Crippen LogP contribution in [0.1, 0.15) is 36.6 Å². The van der Waals surface area contributed by atoms with Gasteiger partial charge in [0, 0.05) is 12.1 Å². The highest BCUT2D eigenvalue weighted by Gasteiger charge is 2.33. The molecule has 3 heterocycles. The Balaban J connectivity index is 1.42. The molecule has 9 heteroatoms. The summed E-state index contributed by atoms with van der Waals surface area (Å²) in [5.41, 5.74) is 2.57. The lowest BCUT2D eigenvalue weighted by molar-refractivity contribution is 0.549. The number of rotatable bonds is 4. The van der Waals surface area contributed by atoms with Gasteiger partial charge in [-0.1, -0.05) is 12.1 Å². The van der Waals surface area contributed by atoms with E-state index in [-0.39, 0.29) is 28.0 Å². The number of H-pyrrole nitrogens is 1. The molecule has 1 saturated carbocycles. The van der Waals surface area contributed by atoms with Crippen LogP contribution in [0.4, 0.5) is 0 Å². The molecule has 29 heavy (non-hydrogen) atoms. The fourth-order valence-electron chi connectivity index (χ4n) is 4.35. The molecule has 0 saturated heterocycles. The van der Waals surface area contributed by atoms with Gasteiger partial charge in [0.05, 0.1) is 27.9 Å². The monoisotopic (exact) mass is 406 g/mol. The van der Waals surface area contributed by atoms with Crippen molar-refractivity contribution < 1.29 is 8.42 Å². The van der Waals surface area contributed by atoms with Gasteiger partial charge >= 0.3 is 0 Å². The fourth-order valence-corrected chi connectivity index (χ4v) is 6.19. The Hall–Kier alpha value is -3.25. The van der Waals surface area contributed by atoms with Gasteiger partial charge < -0.3 is 4.98 Å². The molecule has 5 rings (SSSR count). The first-order valence-corrected chi connectivity index (χ1v) is 11.1. The fraction of sp³-hybridized carbons (Fsp3) is 0.300. The van der Waals surface area contributed by atoms with E-state index < -0.39 is 9.84 Å². The molecule has 0 aliphatic heterocycles. The van der Waals surface area contributed by atoms with E-state index >= 15 is 0 Å². The Morgan fingerprint density at radius 2 is 2.07 bits per heavy atom. The molecule has 0 spiro atoms. The molecular weight excluding hydrogens is 388 g/mol. The molecule has 2 atom stereocenters. The molecule has 0 amide bonds. The zero-order chi connectivity index (χ0) is 20.0. The highest BCUT2D eigenvalue weighted by Crippen LogP contribution is 2.39. The van der Waals surface area contributed by atoms with Crippen LogP contribution in [0, 0.1) is 17.2 Å². The van der Waals surface area contributed by atoms with Gasteiger partial charge in [-0.05, 0) is 43.4 Å². The van der Waals surface area contributed by atoms with Crippen LogP contribution in [0.25, 0.3) is 16.8 Å². The van der Waals surface area contributed by atoms with Crippen molar-refractivity contribution in [2.24, 2.45) is 5.92 Å². The van der Waals surface area contributed by atoms with Crippen molar-refractivity contribution in [1.29, 1.82) is 5.26 Å². The molecule has 1 aliphatic rings. The number of hydrogen-bond donors (Lipinski definition) is 1. The van der Waals surface area contributed by atoms with Crippen LogP contribution in [-0.4, -0.2) is 38.7 Å². The minimum Gasteiger partial charge on any atom is -0.345 e. The molecule has 1 aliphatic carbocycles. The maximum absolute atomic E-state index is 12.9. The standard InChI is InChI=1S/C20H18N6O2S/c21-10-15-3-1-2-4-17(15)29(27,28)12-13-5-6-14(9-13)20-25-24-18-11-23-19-16(26(18)20)7-8-22-19/h1-4,7-8,11,13-14,22H,5-6,9,12H2/t13-,14+/m0/s1. The van der Waals surface area contributed by atoms with Crippen LogP contribution in [0.3, 0.4) is 0 Å². The van der Waals surface area contributed by atoms with Gasteiger partial charge in [-0.25, -0.2) is 13.4 Å². The Labute approximate surface area is 167 Å². The first kappa shape index (κ1) is 17.8. The SMILES string of the molecule is N#Cc1ccccc1S(=O)(=O)C[C@H]1CC[C@@H](c2nnc3cnc4[nH]ccc4n23)C1. The van der Waals surface area contributed by atoms with Crippen molar-refractivity contribution >= 4 is 26.6 Å². The second kappa shape index (κ2) is 6.67. The van der Waals surface area contributed by atoms with Crippen molar-refractivity contribution in [2.75, 3.05) is 5.75 Å². The first-order chi connectivity index (χ1) is 14.1. The molecule has 0 radical (unpaired) electrons. The third-order valence-electron chi connectivity index (χ3n) is 5.67. The summed E-state index contributed by atoms with van der Waals surface area (Å²) in [6.45, 7) is 0. The van der Waals surface area contributed by atoms with Crippen LogP contribution in [-0.2, 0) is 9.84 Å². The molecule has 1 N–H and O–H groups in total. The van der Waals surface area contributed by atoms with E-state index in [9.17, 15) is 13.7 Å². The smallest absolute Gasteiger partial charge is 0.179 e. The van der Waals surface area contributed by atoms with Gasteiger partial charge in [0.25, 0.3) is 0 Å². The zero-order valence-corrected chi connectivity index (χ0v) is 16.3. The summed E-state index contributed by atoms with van der Waals surface area (Å²) in [5, 5.41) is 17.9. The maximum Gasteiger partial charge on any atom is 0.179 e. The van der Waals surface area contributed by atoms with Crippen molar-refractivity contribution in [3.05, 3.63) is 54.1 Å². The number of aromatic nitrogens is 5. The molecule has 4 aromatic rings. The summed E-state index contributed by atoms with van der Waals surface area (Å²) >= 11 is 0. The van der Waals surface area contributed by atoms with E-state index in [2.05, 4.69) is 20.2 Å². The average Bonchev–Trinajstić information content (AvgIpc) is 3.45. The predicted octanol–water partition coefficient (Wildman–Crippen LogP) is 2.83. The second-order valence-corrected chi connectivity index (χ2v) is 9.49. The van der Waals surface area contributed by atoms with Gasteiger partial charge in [0.2, 0.25) is 0 Å².